The van der Waals surface area contributed by atoms with Crippen LogP contribution in [-0.2, 0) is 4.79 Å². The highest BCUT2D eigenvalue weighted by molar-refractivity contribution is 6.31. The molecule has 1 rings (SSSR count). The van der Waals surface area contributed by atoms with Crippen molar-refractivity contribution in [3.63, 3.8) is 0 Å². The lowest BCUT2D eigenvalue weighted by atomic mass is 9.94. The van der Waals surface area contributed by atoms with Gasteiger partial charge in [0, 0.05) is 5.02 Å². The SMILES string of the molecule is C[C@H](O)[C@@H](C(=O)O)c1ccccc1Cl. The number of rotatable bonds is 3. The van der Waals surface area contributed by atoms with Crippen LogP contribution in [0.2, 0.25) is 5.02 Å². The second-order valence-electron chi connectivity index (χ2n) is 3.08. The van der Waals surface area contributed by atoms with Crippen molar-refractivity contribution >= 4 is 17.6 Å². The molecule has 0 fully saturated rings. The van der Waals surface area contributed by atoms with Gasteiger partial charge in [-0.3, -0.25) is 4.79 Å². The molecule has 2 atom stereocenters. The number of carboxylic acid groups (broad SMARTS) is 1. The molecule has 4 heteroatoms. The molecule has 0 saturated carbocycles. The fourth-order valence-corrected chi connectivity index (χ4v) is 1.58. The van der Waals surface area contributed by atoms with Crippen LogP contribution in [0.1, 0.15) is 18.4 Å². The Morgan fingerprint density at radius 3 is 2.43 bits per heavy atom. The van der Waals surface area contributed by atoms with Crippen LogP contribution in [0.5, 0.6) is 0 Å². The summed E-state index contributed by atoms with van der Waals surface area (Å²) in [5, 5.41) is 18.6. The summed E-state index contributed by atoms with van der Waals surface area (Å²) in [7, 11) is 0. The molecule has 14 heavy (non-hydrogen) atoms. The van der Waals surface area contributed by atoms with Gasteiger partial charge in [-0.15, -0.1) is 0 Å². The average Bonchev–Trinajstić information content (AvgIpc) is 2.07. The summed E-state index contributed by atoms with van der Waals surface area (Å²) in [4.78, 5) is 10.9. The minimum atomic E-state index is -1.08. The molecule has 0 aliphatic heterocycles. The van der Waals surface area contributed by atoms with Crippen LogP contribution in [0.4, 0.5) is 0 Å². The fourth-order valence-electron chi connectivity index (χ4n) is 1.33. The van der Waals surface area contributed by atoms with Crippen molar-refractivity contribution in [3.05, 3.63) is 34.9 Å². The van der Waals surface area contributed by atoms with E-state index in [9.17, 15) is 9.90 Å². The third-order valence-corrected chi connectivity index (χ3v) is 2.33. The Morgan fingerprint density at radius 1 is 1.43 bits per heavy atom. The number of hydrogen-bond donors (Lipinski definition) is 2. The van der Waals surface area contributed by atoms with E-state index >= 15 is 0 Å². The summed E-state index contributed by atoms with van der Waals surface area (Å²) in [6.07, 6.45) is -0.965. The van der Waals surface area contributed by atoms with E-state index in [0.717, 1.165) is 0 Å². The zero-order chi connectivity index (χ0) is 10.7. The molecule has 0 unspecified atom stereocenters. The van der Waals surface area contributed by atoms with Crippen LogP contribution in [0.3, 0.4) is 0 Å². The van der Waals surface area contributed by atoms with Gasteiger partial charge in [0.25, 0.3) is 0 Å². The van der Waals surface area contributed by atoms with Gasteiger partial charge >= 0.3 is 5.97 Å². The van der Waals surface area contributed by atoms with Gasteiger partial charge in [-0.05, 0) is 18.6 Å². The van der Waals surface area contributed by atoms with E-state index in [4.69, 9.17) is 16.7 Å². The normalized spacial score (nSPS) is 14.8. The quantitative estimate of drug-likeness (QED) is 0.808. The van der Waals surface area contributed by atoms with Crippen LogP contribution in [0, 0.1) is 0 Å². The average molecular weight is 215 g/mol. The predicted octanol–water partition coefficient (Wildman–Crippen LogP) is 1.89. The maximum Gasteiger partial charge on any atom is 0.313 e. The van der Waals surface area contributed by atoms with Gasteiger partial charge < -0.3 is 10.2 Å². The first-order valence-corrected chi connectivity index (χ1v) is 4.57. The molecular formula is C10H11ClO3. The summed E-state index contributed by atoms with van der Waals surface area (Å²) in [6.45, 7) is 1.43. The second kappa shape index (κ2) is 4.44. The summed E-state index contributed by atoms with van der Waals surface area (Å²) in [5.41, 5.74) is 0.441. The number of aliphatic hydroxyl groups excluding tert-OH is 1. The lowest BCUT2D eigenvalue weighted by molar-refractivity contribution is -0.141. The van der Waals surface area contributed by atoms with Gasteiger partial charge in [-0.2, -0.15) is 0 Å². The first-order valence-electron chi connectivity index (χ1n) is 4.19. The number of halogens is 1. The first-order chi connectivity index (χ1) is 6.54. The zero-order valence-corrected chi connectivity index (χ0v) is 8.40. The Kier molecular flexibility index (Phi) is 3.49. The van der Waals surface area contributed by atoms with Crippen molar-refractivity contribution < 1.29 is 15.0 Å². The maximum absolute atomic E-state index is 10.9. The second-order valence-corrected chi connectivity index (χ2v) is 3.49. The highest BCUT2D eigenvalue weighted by atomic mass is 35.5. The topological polar surface area (TPSA) is 57.5 Å². The predicted molar refractivity (Wildman–Crippen MR) is 53.5 cm³/mol. The lowest BCUT2D eigenvalue weighted by Crippen LogP contribution is -2.23. The van der Waals surface area contributed by atoms with E-state index in [2.05, 4.69) is 0 Å². The van der Waals surface area contributed by atoms with Crippen LogP contribution >= 0.6 is 11.6 Å². The third-order valence-electron chi connectivity index (χ3n) is 1.99. The molecule has 0 spiro atoms. The van der Waals surface area contributed by atoms with E-state index < -0.39 is 18.0 Å². The number of carbonyl (C=O) groups is 1. The van der Waals surface area contributed by atoms with Gasteiger partial charge in [0.2, 0.25) is 0 Å². The molecule has 0 heterocycles. The lowest BCUT2D eigenvalue weighted by Gasteiger charge is -2.16. The summed E-state index contributed by atoms with van der Waals surface area (Å²) >= 11 is 5.83. The van der Waals surface area contributed by atoms with Crippen LogP contribution in [-0.4, -0.2) is 22.3 Å². The van der Waals surface area contributed by atoms with Gasteiger partial charge in [-0.25, -0.2) is 0 Å². The Bertz CT molecular complexity index is 336. The zero-order valence-electron chi connectivity index (χ0n) is 7.64. The minimum absolute atomic E-state index is 0.362. The minimum Gasteiger partial charge on any atom is -0.481 e. The van der Waals surface area contributed by atoms with Crippen LogP contribution < -0.4 is 0 Å². The standard InChI is InChI=1S/C10H11ClO3/c1-6(12)9(10(13)14)7-4-2-3-5-8(7)11/h2-6,9,12H,1H3,(H,13,14)/t6-,9+/m0/s1. The summed E-state index contributed by atoms with van der Waals surface area (Å²) in [5.74, 6) is -2.04. The molecule has 0 amide bonds. The van der Waals surface area contributed by atoms with Crippen molar-refractivity contribution in [2.24, 2.45) is 0 Å². The van der Waals surface area contributed by atoms with E-state index in [-0.39, 0.29) is 0 Å². The van der Waals surface area contributed by atoms with E-state index in [1.54, 1.807) is 24.3 Å². The molecule has 76 valence electrons. The molecular weight excluding hydrogens is 204 g/mol. The number of hydrogen-bond acceptors (Lipinski definition) is 2. The van der Waals surface area contributed by atoms with Gasteiger partial charge in [0.15, 0.2) is 0 Å². The van der Waals surface area contributed by atoms with Gasteiger partial charge in [0.1, 0.15) is 5.92 Å². The van der Waals surface area contributed by atoms with E-state index in [0.29, 0.717) is 10.6 Å². The largest absolute Gasteiger partial charge is 0.481 e. The van der Waals surface area contributed by atoms with E-state index in [1.165, 1.54) is 6.92 Å². The molecule has 0 aromatic heterocycles. The molecule has 2 N–H and O–H groups in total. The van der Waals surface area contributed by atoms with Crippen LogP contribution in [0.25, 0.3) is 0 Å². The van der Waals surface area contributed by atoms with Crippen LogP contribution in [0.15, 0.2) is 24.3 Å². The summed E-state index contributed by atoms with van der Waals surface area (Å²) in [6, 6.07) is 6.62. The molecule has 0 bridgehead atoms. The number of aliphatic hydroxyl groups is 1. The van der Waals surface area contributed by atoms with Gasteiger partial charge in [-0.1, -0.05) is 29.8 Å². The number of carboxylic acids is 1. The Labute approximate surface area is 86.9 Å². The fraction of sp³-hybridized carbons (Fsp3) is 0.300. The molecule has 0 saturated heterocycles. The van der Waals surface area contributed by atoms with Crippen molar-refractivity contribution in [3.8, 4) is 0 Å². The smallest absolute Gasteiger partial charge is 0.313 e. The van der Waals surface area contributed by atoms with Crippen molar-refractivity contribution in [2.75, 3.05) is 0 Å². The van der Waals surface area contributed by atoms with Gasteiger partial charge in [0.05, 0.1) is 6.10 Å². The maximum atomic E-state index is 10.9. The Hall–Kier alpha value is -1.06. The molecule has 0 aliphatic carbocycles. The van der Waals surface area contributed by atoms with Crippen molar-refractivity contribution in [1.82, 2.24) is 0 Å². The molecule has 0 aliphatic rings. The molecule has 1 aromatic carbocycles. The highest BCUT2D eigenvalue weighted by Crippen LogP contribution is 2.27. The summed E-state index contributed by atoms with van der Waals surface area (Å²) < 4.78 is 0. The molecule has 3 nitrogen and oxygen atoms in total. The van der Waals surface area contributed by atoms with Crippen molar-refractivity contribution in [1.29, 1.82) is 0 Å². The van der Waals surface area contributed by atoms with E-state index in [1.807, 2.05) is 0 Å². The third kappa shape index (κ3) is 2.25. The molecule has 0 radical (unpaired) electrons. The Morgan fingerprint density at radius 2 is 2.00 bits per heavy atom. The number of benzene rings is 1. The van der Waals surface area contributed by atoms with Crippen molar-refractivity contribution in [2.45, 2.75) is 18.9 Å². The molecule has 1 aromatic rings. The number of aliphatic carboxylic acids is 1. The highest BCUT2D eigenvalue weighted by Gasteiger charge is 2.26. The Balaban J connectivity index is 3.12. The first kappa shape index (κ1) is 11.0. The monoisotopic (exact) mass is 214 g/mol.